The maximum Gasteiger partial charge on any atom is 0.265 e. The number of rotatable bonds is 4. The van der Waals surface area contributed by atoms with Gasteiger partial charge in [-0.25, -0.2) is 4.98 Å². The molecule has 1 N–H and O–H groups in total. The summed E-state index contributed by atoms with van der Waals surface area (Å²) in [6.45, 7) is 7.99. The molecule has 1 atom stereocenters. The SMILES string of the molecule is CNC1CCCN(C(=O)c2sc(CC(C)C)nc2C)C1. The van der Waals surface area contributed by atoms with Crippen molar-refractivity contribution in [3.05, 3.63) is 15.6 Å². The topological polar surface area (TPSA) is 45.2 Å². The third-order valence-corrected chi connectivity index (χ3v) is 4.90. The van der Waals surface area contributed by atoms with Gasteiger partial charge in [0.15, 0.2) is 0 Å². The second-order valence-electron chi connectivity index (χ2n) is 6.00. The Labute approximate surface area is 125 Å². The van der Waals surface area contributed by atoms with Crippen LogP contribution in [0, 0.1) is 12.8 Å². The number of carbonyl (C=O) groups is 1. The highest BCUT2D eigenvalue weighted by atomic mass is 32.1. The minimum atomic E-state index is 0.162. The van der Waals surface area contributed by atoms with Gasteiger partial charge in [-0.3, -0.25) is 4.79 Å². The van der Waals surface area contributed by atoms with Crippen LogP contribution in [0.25, 0.3) is 0 Å². The third-order valence-electron chi connectivity index (χ3n) is 3.73. The first-order chi connectivity index (χ1) is 9.51. The number of hydrogen-bond donors (Lipinski definition) is 1. The molecule has 0 radical (unpaired) electrons. The number of piperidine rings is 1. The zero-order valence-electron chi connectivity index (χ0n) is 12.9. The Morgan fingerprint density at radius 2 is 2.30 bits per heavy atom. The number of nitrogens with zero attached hydrogens (tertiary/aromatic N) is 2. The van der Waals surface area contributed by atoms with E-state index in [1.54, 1.807) is 11.3 Å². The van der Waals surface area contributed by atoms with Crippen LogP contribution in [0.1, 0.15) is 47.1 Å². The van der Waals surface area contributed by atoms with E-state index in [-0.39, 0.29) is 5.91 Å². The van der Waals surface area contributed by atoms with Gasteiger partial charge in [-0.05, 0) is 32.7 Å². The van der Waals surface area contributed by atoms with Gasteiger partial charge >= 0.3 is 0 Å². The molecule has 1 saturated heterocycles. The van der Waals surface area contributed by atoms with E-state index in [0.29, 0.717) is 12.0 Å². The number of amides is 1. The Hall–Kier alpha value is -0.940. The molecule has 20 heavy (non-hydrogen) atoms. The lowest BCUT2D eigenvalue weighted by atomic mass is 10.1. The van der Waals surface area contributed by atoms with Gasteiger partial charge in [0.2, 0.25) is 0 Å². The third kappa shape index (κ3) is 3.58. The Kier molecular flexibility index (Phi) is 5.16. The summed E-state index contributed by atoms with van der Waals surface area (Å²) in [6.07, 6.45) is 3.19. The van der Waals surface area contributed by atoms with Crippen LogP contribution in [0.15, 0.2) is 0 Å². The summed E-state index contributed by atoms with van der Waals surface area (Å²) in [7, 11) is 1.97. The van der Waals surface area contributed by atoms with Crippen LogP contribution in [0.5, 0.6) is 0 Å². The summed E-state index contributed by atoms with van der Waals surface area (Å²) in [5.41, 5.74) is 0.891. The number of aromatic nitrogens is 1. The highest BCUT2D eigenvalue weighted by Gasteiger charge is 2.26. The van der Waals surface area contributed by atoms with Gasteiger partial charge in [0.05, 0.1) is 10.7 Å². The molecule has 0 saturated carbocycles. The van der Waals surface area contributed by atoms with Crippen molar-refractivity contribution >= 4 is 17.2 Å². The predicted molar refractivity (Wildman–Crippen MR) is 83.4 cm³/mol. The lowest BCUT2D eigenvalue weighted by molar-refractivity contribution is 0.0702. The zero-order chi connectivity index (χ0) is 14.7. The summed E-state index contributed by atoms with van der Waals surface area (Å²) in [6, 6.07) is 0.427. The zero-order valence-corrected chi connectivity index (χ0v) is 13.7. The average molecular weight is 295 g/mol. The Balaban J connectivity index is 2.10. The summed E-state index contributed by atoms with van der Waals surface area (Å²) >= 11 is 1.58. The second kappa shape index (κ2) is 6.68. The van der Waals surface area contributed by atoms with Crippen LogP contribution < -0.4 is 5.32 Å². The van der Waals surface area contributed by atoms with E-state index < -0.39 is 0 Å². The van der Waals surface area contributed by atoms with Gasteiger partial charge in [0, 0.05) is 25.6 Å². The first-order valence-electron chi connectivity index (χ1n) is 7.44. The fourth-order valence-electron chi connectivity index (χ4n) is 2.63. The van der Waals surface area contributed by atoms with Gasteiger partial charge in [-0.2, -0.15) is 0 Å². The van der Waals surface area contributed by atoms with Gasteiger partial charge in [0.1, 0.15) is 4.88 Å². The van der Waals surface area contributed by atoms with Crippen LogP contribution in [0.2, 0.25) is 0 Å². The molecule has 1 amide bonds. The summed E-state index contributed by atoms with van der Waals surface area (Å²) in [5, 5.41) is 4.37. The average Bonchev–Trinajstić information content (AvgIpc) is 2.77. The van der Waals surface area contributed by atoms with Crippen molar-refractivity contribution in [1.29, 1.82) is 0 Å². The number of nitrogens with one attached hydrogen (secondary N) is 1. The molecule has 1 aliphatic heterocycles. The van der Waals surface area contributed by atoms with Crippen LogP contribution in [-0.4, -0.2) is 42.0 Å². The van der Waals surface area contributed by atoms with Crippen molar-refractivity contribution in [3.8, 4) is 0 Å². The molecule has 1 aromatic rings. The van der Waals surface area contributed by atoms with Gasteiger partial charge in [-0.1, -0.05) is 13.8 Å². The first kappa shape index (κ1) is 15.4. The molecule has 4 nitrogen and oxygen atoms in total. The van der Waals surface area contributed by atoms with E-state index in [1.807, 2.05) is 18.9 Å². The fraction of sp³-hybridized carbons (Fsp3) is 0.733. The Morgan fingerprint density at radius 1 is 1.55 bits per heavy atom. The first-order valence-corrected chi connectivity index (χ1v) is 8.25. The van der Waals surface area contributed by atoms with E-state index in [4.69, 9.17) is 0 Å². The van der Waals surface area contributed by atoms with Crippen LogP contribution in [0.3, 0.4) is 0 Å². The molecule has 1 aliphatic rings. The van der Waals surface area contributed by atoms with Gasteiger partial charge in [0.25, 0.3) is 5.91 Å². The molecule has 1 fully saturated rings. The van der Waals surface area contributed by atoms with Crippen LogP contribution >= 0.6 is 11.3 Å². The normalized spacial score (nSPS) is 19.6. The van der Waals surface area contributed by atoms with E-state index >= 15 is 0 Å². The highest BCUT2D eigenvalue weighted by Crippen LogP contribution is 2.23. The molecular weight excluding hydrogens is 270 g/mol. The summed E-state index contributed by atoms with van der Waals surface area (Å²) < 4.78 is 0. The number of aryl methyl sites for hydroxylation is 1. The molecule has 2 heterocycles. The molecule has 0 aromatic carbocycles. The minimum absolute atomic E-state index is 0.162. The van der Waals surface area contributed by atoms with E-state index in [0.717, 1.165) is 47.9 Å². The fourth-order valence-corrected chi connectivity index (χ4v) is 3.87. The molecule has 1 unspecified atom stereocenters. The maximum absolute atomic E-state index is 12.6. The van der Waals surface area contributed by atoms with Crippen molar-refractivity contribution in [2.45, 2.75) is 46.1 Å². The second-order valence-corrected chi connectivity index (χ2v) is 7.08. The van der Waals surface area contributed by atoms with Crippen LogP contribution in [-0.2, 0) is 6.42 Å². The van der Waals surface area contributed by atoms with E-state index in [2.05, 4.69) is 24.1 Å². The standard InChI is InChI=1S/C15H25N3OS/c1-10(2)8-13-17-11(3)14(20-13)15(19)18-7-5-6-12(9-18)16-4/h10,12,16H,5-9H2,1-4H3. The quantitative estimate of drug-likeness (QED) is 0.928. The Bertz CT molecular complexity index is 470. The van der Waals surface area contributed by atoms with Crippen molar-refractivity contribution < 1.29 is 4.79 Å². The lowest BCUT2D eigenvalue weighted by Crippen LogP contribution is -2.46. The molecule has 5 heteroatoms. The maximum atomic E-state index is 12.6. The molecule has 0 spiro atoms. The lowest BCUT2D eigenvalue weighted by Gasteiger charge is -2.32. The smallest absolute Gasteiger partial charge is 0.265 e. The molecular formula is C15H25N3OS. The van der Waals surface area contributed by atoms with Crippen LogP contribution in [0.4, 0.5) is 0 Å². The molecule has 0 aliphatic carbocycles. The summed E-state index contributed by atoms with van der Waals surface area (Å²) in [4.78, 5) is 20.0. The monoisotopic (exact) mass is 295 g/mol. The summed E-state index contributed by atoms with van der Waals surface area (Å²) in [5.74, 6) is 0.738. The molecule has 0 bridgehead atoms. The number of likely N-dealkylation sites (tertiary alicyclic amines) is 1. The molecule has 112 valence electrons. The number of thiazole rings is 1. The minimum Gasteiger partial charge on any atom is -0.336 e. The number of likely N-dealkylation sites (N-methyl/N-ethyl adjacent to an activating group) is 1. The molecule has 2 rings (SSSR count). The number of carbonyl (C=O) groups excluding carboxylic acids is 1. The van der Waals surface area contributed by atoms with E-state index in [1.165, 1.54) is 0 Å². The van der Waals surface area contributed by atoms with Crippen molar-refractivity contribution in [2.24, 2.45) is 5.92 Å². The van der Waals surface area contributed by atoms with Gasteiger partial charge < -0.3 is 10.2 Å². The highest BCUT2D eigenvalue weighted by molar-refractivity contribution is 7.13. The number of hydrogen-bond acceptors (Lipinski definition) is 4. The van der Waals surface area contributed by atoms with Crippen molar-refractivity contribution in [3.63, 3.8) is 0 Å². The van der Waals surface area contributed by atoms with Gasteiger partial charge in [-0.15, -0.1) is 11.3 Å². The van der Waals surface area contributed by atoms with Crippen molar-refractivity contribution in [1.82, 2.24) is 15.2 Å². The van der Waals surface area contributed by atoms with E-state index in [9.17, 15) is 4.79 Å². The van der Waals surface area contributed by atoms with Crippen molar-refractivity contribution in [2.75, 3.05) is 20.1 Å². The Morgan fingerprint density at radius 3 is 2.95 bits per heavy atom. The molecule has 1 aromatic heterocycles. The largest absolute Gasteiger partial charge is 0.336 e. The predicted octanol–water partition coefficient (Wildman–Crippen LogP) is 2.47.